The number of aromatic nitrogens is 8. The maximum Gasteiger partial charge on any atom is 0 e. The Morgan fingerprint density at radius 2 is 0.632 bits per heavy atom. The molecule has 0 saturated carbocycles. The van der Waals surface area contributed by atoms with Crippen LogP contribution in [0.5, 0.6) is 0 Å². The predicted molar refractivity (Wildman–Crippen MR) is 146 cm³/mol. The van der Waals surface area contributed by atoms with E-state index >= 15 is 0 Å². The van der Waals surface area contributed by atoms with Gasteiger partial charge in [0.2, 0.25) is 0 Å². The molecule has 6 aliphatic rings. The van der Waals surface area contributed by atoms with E-state index in [0.717, 1.165) is 51.9 Å². The van der Waals surface area contributed by atoms with Crippen molar-refractivity contribution in [2.24, 2.45) is 0 Å². The molecule has 0 aromatic rings. The Morgan fingerprint density at radius 1 is 0.421 bits per heavy atom. The van der Waals surface area contributed by atoms with E-state index in [-0.39, 0.29) is 44.8 Å². The number of nitrogens with zero attached hydrogens (tertiary/aromatic N) is 8. The third kappa shape index (κ3) is 6.33. The van der Waals surface area contributed by atoms with Crippen molar-refractivity contribution in [2.75, 3.05) is 0 Å². The molecule has 0 spiro atoms. The molecule has 10 heteroatoms. The second kappa shape index (κ2) is 13.7. The summed E-state index contributed by atoms with van der Waals surface area (Å²) >= 11 is 0. The maximum atomic E-state index is 2.25. The van der Waals surface area contributed by atoms with Crippen LogP contribution < -0.4 is 0 Å². The number of hydrogen-bond acceptors (Lipinski definition) is 0. The average Bonchev–Trinajstić information content (AvgIpc) is 3.63. The van der Waals surface area contributed by atoms with Crippen molar-refractivity contribution in [3.8, 4) is 22.7 Å². The maximum absolute atomic E-state index is 2.25. The Hall–Kier alpha value is -2.20. The fraction of sp³-hybridized carbons (Fsp3) is 0.429. The van der Waals surface area contributed by atoms with Crippen molar-refractivity contribution in [3.63, 3.8) is 0 Å². The molecule has 218 valence electrons. The van der Waals surface area contributed by atoms with Crippen molar-refractivity contribution < 1.29 is 44.8 Å². The molecular weight excluding hydrogens is 664 g/mol. The first kappa shape index (κ1) is 30.3. The molecule has 38 heavy (non-hydrogen) atoms. The standard InChI is InChI=1S/2C14H20N4.2Ag/c2*1-3-7-15-9-13-5-6-14-10-16(8-4-2)12-18(14)17(13)11-15;;/h2*5-6,9-12H,3-4,7-8H2,1-2H3;;/q2*-2;;. The minimum absolute atomic E-state index is 0. The van der Waals surface area contributed by atoms with Gasteiger partial charge in [-0.15, -0.1) is 49.1 Å². The van der Waals surface area contributed by atoms with Crippen LogP contribution in [0, 0.1) is 0 Å². The molecule has 0 saturated heterocycles. The Kier molecular flexibility index (Phi) is 11.0. The van der Waals surface area contributed by atoms with E-state index in [1.807, 2.05) is 0 Å². The van der Waals surface area contributed by atoms with Gasteiger partial charge in [0, 0.05) is 44.8 Å². The fourth-order valence-corrected chi connectivity index (χ4v) is 4.94. The summed E-state index contributed by atoms with van der Waals surface area (Å²) in [6.07, 6.45) is 22.1. The fourth-order valence-electron chi connectivity index (χ4n) is 4.94. The zero-order valence-electron chi connectivity index (χ0n) is 22.8. The molecule has 0 aromatic carbocycles. The van der Waals surface area contributed by atoms with Gasteiger partial charge < -0.3 is 37.0 Å². The molecule has 0 aromatic heterocycles. The Balaban J connectivity index is 0.000000200. The van der Waals surface area contributed by atoms with Crippen LogP contribution in [-0.2, 0) is 70.9 Å². The molecule has 6 heterocycles. The van der Waals surface area contributed by atoms with Crippen molar-refractivity contribution in [2.45, 2.75) is 79.6 Å². The van der Waals surface area contributed by atoms with Gasteiger partial charge in [-0.05, 0) is 77.2 Å². The second-order valence-corrected chi connectivity index (χ2v) is 9.67. The smallest absolute Gasteiger partial charge is 0 e. The molecular formula is C28H40Ag2N8-4. The number of fused-ring (bicyclic) bond motifs is 6. The van der Waals surface area contributed by atoms with Gasteiger partial charge in [0.05, 0.1) is 0 Å². The van der Waals surface area contributed by atoms with Crippen LogP contribution in [0.2, 0.25) is 0 Å². The first-order valence-corrected chi connectivity index (χ1v) is 13.5. The van der Waals surface area contributed by atoms with E-state index in [1.165, 1.54) is 22.7 Å². The van der Waals surface area contributed by atoms with Crippen LogP contribution in [0.4, 0.5) is 0 Å². The quantitative estimate of drug-likeness (QED) is 0.133. The van der Waals surface area contributed by atoms with Crippen LogP contribution in [-0.4, -0.2) is 37.0 Å². The molecule has 0 atom stereocenters. The number of imidazole rings is 4. The molecule has 6 aliphatic heterocycles. The van der Waals surface area contributed by atoms with Gasteiger partial charge >= 0.3 is 0 Å². The summed E-state index contributed by atoms with van der Waals surface area (Å²) in [4.78, 5) is 0. The largest absolute Gasteiger partial charge is 0.452 e. The molecule has 0 unspecified atom stereocenters. The third-order valence-corrected chi connectivity index (χ3v) is 6.52. The second-order valence-electron chi connectivity index (χ2n) is 9.67. The predicted octanol–water partition coefficient (Wildman–Crippen LogP) is 6.25. The van der Waals surface area contributed by atoms with E-state index in [0.29, 0.717) is 0 Å². The topological polar surface area (TPSA) is 39.4 Å². The molecule has 6 rings (SSSR count). The van der Waals surface area contributed by atoms with Gasteiger partial charge in [-0.3, -0.25) is 0 Å². The Morgan fingerprint density at radius 3 is 0.816 bits per heavy atom. The Bertz CT molecular complexity index is 1200. The van der Waals surface area contributed by atoms with Crippen molar-refractivity contribution in [1.82, 2.24) is 37.0 Å². The SMILES string of the molecule is CCCn1cc2ccc3cn(CCC)[cH-]n-3n-2[cH-]1.CCCn1cc2ccc3cn(CCC)[cH-]n-3n-2[cH-]1.[Ag].[Ag]. The average molecular weight is 704 g/mol. The molecule has 0 bridgehead atoms. The minimum atomic E-state index is 0. The molecule has 0 fully saturated rings. The zero-order valence-corrected chi connectivity index (χ0v) is 25.7. The van der Waals surface area contributed by atoms with Gasteiger partial charge in [-0.25, -0.2) is 0 Å². The van der Waals surface area contributed by atoms with Gasteiger partial charge in [0.15, 0.2) is 0 Å². The van der Waals surface area contributed by atoms with Crippen LogP contribution in [0.15, 0.2) is 74.4 Å². The van der Waals surface area contributed by atoms with E-state index < -0.39 is 0 Å². The summed E-state index contributed by atoms with van der Waals surface area (Å²) in [5.74, 6) is 0. The normalized spacial score (nSPS) is 11.1. The summed E-state index contributed by atoms with van der Waals surface area (Å²) in [5, 5.41) is 0. The van der Waals surface area contributed by atoms with Crippen LogP contribution in [0.1, 0.15) is 53.4 Å². The van der Waals surface area contributed by atoms with E-state index in [9.17, 15) is 0 Å². The first-order valence-electron chi connectivity index (χ1n) is 13.5. The summed E-state index contributed by atoms with van der Waals surface area (Å²) in [6, 6.07) is 8.71. The third-order valence-electron chi connectivity index (χ3n) is 6.52. The number of rotatable bonds is 8. The number of hydrogen-bond donors (Lipinski definition) is 0. The minimum Gasteiger partial charge on any atom is -0.452 e. The Labute approximate surface area is 257 Å². The molecule has 8 nitrogen and oxygen atoms in total. The summed E-state index contributed by atoms with van der Waals surface area (Å²) in [5.41, 5.74) is 4.93. The van der Waals surface area contributed by atoms with Crippen LogP contribution >= 0.6 is 0 Å². The van der Waals surface area contributed by atoms with Crippen molar-refractivity contribution in [3.05, 3.63) is 74.4 Å². The van der Waals surface area contributed by atoms with E-state index in [1.54, 1.807) is 0 Å². The molecule has 2 radical (unpaired) electrons. The zero-order chi connectivity index (χ0) is 25.1. The van der Waals surface area contributed by atoms with Gasteiger partial charge in [-0.2, -0.15) is 0 Å². The van der Waals surface area contributed by atoms with E-state index in [2.05, 4.69) is 139 Å². The van der Waals surface area contributed by atoms with Gasteiger partial charge in [0.25, 0.3) is 0 Å². The summed E-state index contributed by atoms with van der Waals surface area (Å²) in [6.45, 7) is 13.1. The van der Waals surface area contributed by atoms with Crippen molar-refractivity contribution >= 4 is 0 Å². The molecule has 0 amide bonds. The number of aryl methyl sites for hydroxylation is 4. The van der Waals surface area contributed by atoms with Gasteiger partial charge in [-0.1, -0.05) is 50.4 Å². The molecule has 0 N–H and O–H groups in total. The summed E-state index contributed by atoms with van der Waals surface area (Å²) < 4.78 is 17.8. The first-order chi connectivity index (χ1) is 17.6. The summed E-state index contributed by atoms with van der Waals surface area (Å²) in [7, 11) is 0. The van der Waals surface area contributed by atoms with E-state index in [4.69, 9.17) is 0 Å². The van der Waals surface area contributed by atoms with Crippen LogP contribution in [0.3, 0.4) is 0 Å². The molecule has 0 aliphatic carbocycles. The van der Waals surface area contributed by atoms with Crippen LogP contribution in [0.25, 0.3) is 22.7 Å². The van der Waals surface area contributed by atoms with Crippen molar-refractivity contribution in [1.29, 1.82) is 0 Å². The monoisotopic (exact) mass is 702 g/mol. The van der Waals surface area contributed by atoms with Gasteiger partial charge in [0.1, 0.15) is 0 Å².